The van der Waals surface area contributed by atoms with Gasteiger partial charge in [-0.05, 0) is 54.4 Å². The van der Waals surface area contributed by atoms with Crippen molar-refractivity contribution in [2.75, 3.05) is 13.2 Å². The first-order chi connectivity index (χ1) is 10.3. The summed E-state index contributed by atoms with van der Waals surface area (Å²) in [4.78, 5) is 0. The lowest BCUT2D eigenvalue weighted by Crippen LogP contribution is -1.98. The number of halogens is 2. The first-order valence-electron chi connectivity index (χ1n) is 7.82. The first kappa shape index (κ1) is 19.3. The summed E-state index contributed by atoms with van der Waals surface area (Å²) in [5.74, 6) is 0.966. The predicted molar refractivity (Wildman–Crippen MR) is 101 cm³/mol. The number of ether oxygens (including phenoxy) is 1. The molecule has 0 bridgehead atoms. The molecule has 0 aromatic heterocycles. The molecule has 0 heterocycles. The summed E-state index contributed by atoms with van der Waals surface area (Å²) >= 11 is 3.49. The van der Waals surface area contributed by atoms with E-state index in [4.69, 9.17) is 10.5 Å². The van der Waals surface area contributed by atoms with Gasteiger partial charge in [0.1, 0.15) is 5.75 Å². The standard InChI is InChI=1S/C18H24BrNO.ClH/c19-17-9-7-16-14-18(10-8-15(16)13-17)21-12-6-4-2-1-3-5-11-20;/h7-10,13-14H,1-6,11-12,20H2;1H. The molecule has 2 rings (SSSR count). The molecule has 0 saturated heterocycles. The van der Waals surface area contributed by atoms with Crippen LogP contribution in [0.4, 0.5) is 0 Å². The van der Waals surface area contributed by atoms with Gasteiger partial charge in [0.15, 0.2) is 0 Å². The van der Waals surface area contributed by atoms with Crippen LogP contribution < -0.4 is 10.5 Å². The van der Waals surface area contributed by atoms with Crippen LogP contribution in [-0.2, 0) is 0 Å². The van der Waals surface area contributed by atoms with Gasteiger partial charge in [-0.2, -0.15) is 0 Å². The van der Waals surface area contributed by atoms with E-state index in [9.17, 15) is 0 Å². The SMILES string of the molecule is Cl.NCCCCCCCCOc1ccc2cc(Br)ccc2c1. The van der Waals surface area contributed by atoms with E-state index in [1.807, 2.05) is 0 Å². The molecule has 2 aromatic rings. The van der Waals surface area contributed by atoms with Crippen LogP contribution in [0.15, 0.2) is 40.9 Å². The average Bonchev–Trinajstić information content (AvgIpc) is 2.50. The Kier molecular flexibility index (Phi) is 9.53. The topological polar surface area (TPSA) is 35.2 Å². The van der Waals surface area contributed by atoms with Gasteiger partial charge in [-0.3, -0.25) is 0 Å². The van der Waals surface area contributed by atoms with E-state index in [-0.39, 0.29) is 12.4 Å². The van der Waals surface area contributed by atoms with E-state index in [0.717, 1.165) is 36.2 Å². The molecule has 0 unspecified atom stereocenters. The predicted octanol–water partition coefficient (Wildman–Crippen LogP) is 5.70. The van der Waals surface area contributed by atoms with Crippen LogP contribution in [0.2, 0.25) is 0 Å². The summed E-state index contributed by atoms with van der Waals surface area (Å²) < 4.78 is 6.95. The quantitative estimate of drug-likeness (QED) is 0.561. The van der Waals surface area contributed by atoms with E-state index >= 15 is 0 Å². The minimum absolute atomic E-state index is 0. The summed E-state index contributed by atoms with van der Waals surface area (Å²) in [7, 11) is 0. The summed E-state index contributed by atoms with van der Waals surface area (Å²) in [5.41, 5.74) is 5.48. The molecule has 0 amide bonds. The van der Waals surface area contributed by atoms with Gasteiger partial charge in [-0.1, -0.05) is 53.7 Å². The van der Waals surface area contributed by atoms with Crippen LogP contribution in [0.25, 0.3) is 10.8 Å². The smallest absolute Gasteiger partial charge is 0.119 e. The van der Waals surface area contributed by atoms with Gasteiger partial charge in [-0.25, -0.2) is 0 Å². The zero-order valence-corrected chi connectivity index (χ0v) is 15.3. The van der Waals surface area contributed by atoms with Crippen molar-refractivity contribution in [1.29, 1.82) is 0 Å². The Morgan fingerprint density at radius 2 is 1.45 bits per heavy atom. The van der Waals surface area contributed by atoms with E-state index in [2.05, 4.69) is 52.3 Å². The highest BCUT2D eigenvalue weighted by molar-refractivity contribution is 9.10. The molecule has 2 nitrogen and oxygen atoms in total. The molecule has 22 heavy (non-hydrogen) atoms. The zero-order chi connectivity index (χ0) is 14.9. The zero-order valence-electron chi connectivity index (χ0n) is 12.9. The summed E-state index contributed by atoms with van der Waals surface area (Å²) in [6, 6.07) is 12.6. The highest BCUT2D eigenvalue weighted by atomic mass is 79.9. The van der Waals surface area contributed by atoms with Gasteiger partial charge in [0, 0.05) is 4.47 Å². The lowest BCUT2D eigenvalue weighted by atomic mass is 10.1. The second kappa shape index (κ2) is 10.9. The Hall–Kier alpha value is -0.770. The minimum Gasteiger partial charge on any atom is -0.494 e. The van der Waals surface area contributed by atoms with Crippen LogP contribution in [-0.4, -0.2) is 13.2 Å². The highest BCUT2D eigenvalue weighted by Gasteiger charge is 1.99. The van der Waals surface area contributed by atoms with Gasteiger partial charge in [0.2, 0.25) is 0 Å². The minimum atomic E-state index is 0. The van der Waals surface area contributed by atoms with Crippen molar-refractivity contribution in [2.24, 2.45) is 5.73 Å². The molecule has 4 heteroatoms. The third kappa shape index (κ3) is 6.55. The summed E-state index contributed by atoms with van der Waals surface area (Å²) in [5, 5.41) is 2.45. The van der Waals surface area contributed by atoms with Crippen LogP contribution in [0, 0.1) is 0 Å². The van der Waals surface area contributed by atoms with Crippen molar-refractivity contribution < 1.29 is 4.74 Å². The highest BCUT2D eigenvalue weighted by Crippen LogP contribution is 2.24. The summed E-state index contributed by atoms with van der Waals surface area (Å²) in [6.45, 7) is 1.63. The molecule has 0 aliphatic heterocycles. The van der Waals surface area contributed by atoms with E-state index in [1.165, 1.54) is 36.5 Å². The van der Waals surface area contributed by atoms with Gasteiger partial charge in [-0.15, -0.1) is 12.4 Å². The monoisotopic (exact) mass is 385 g/mol. The second-order valence-electron chi connectivity index (χ2n) is 5.41. The average molecular weight is 387 g/mol. The number of benzene rings is 2. The number of nitrogens with two attached hydrogens (primary N) is 1. The fourth-order valence-electron chi connectivity index (χ4n) is 2.43. The van der Waals surface area contributed by atoms with Crippen molar-refractivity contribution in [1.82, 2.24) is 0 Å². The van der Waals surface area contributed by atoms with Gasteiger partial charge in [0.05, 0.1) is 6.61 Å². The Morgan fingerprint density at radius 3 is 2.23 bits per heavy atom. The Balaban J connectivity index is 0.00000242. The maximum atomic E-state index is 5.84. The van der Waals surface area contributed by atoms with Crippen molar-refractivity contribution in [3.05, 3.63) is 40.9 Å². The maximum Gasteiger partial charge on any atom is 0.119 e. The largest absolute Gasteiger partial charge is 0.494 e. The van der Waals surface area contributed by atoms with E-state index < -0.39 is 0 Å². The van der Waals surface area contributed by atoms with Crippen molar-refractivity contribution in [3.8, 4) is 5.75 Å². The third-order valence-electron chi connectivity index (χ3n) is 3.64. The fraction of sp³-hybridized carbons (Fsp3) is 0.444. The normalized spacial score (nSPS) is 10.5. The molecule has 122 valence electrons. The molecule has 0 atom stereocenters. The molecule has 0 spiro atoms. The molecule has 0 fully saturated rings. The fourth-order valence-corrected chi connectivity index (χ4v) is 2.81. The first-order valence-corrected chi connectivity index (χ1v) is 8.61. The maximum absolute atomic E-state index is 5.84. The van der Waals surface area contributed by atoms with Crippen LogP contribution in [0.1, 0.15) is 38.5 Å². The molecule has 0 aliphatic carbocycles. The van der Waals surface area contributed by atoms with Gasteiger partial charge < -0.3 is 10.5 Å². The molecule has 0 radical (unpaired) electrons. The van der Waals surface area contributed by atoms with Crippen molar-refractivity contribution >= 4 is 39.1 Å². The number of rotatable bonds is 9. The van der Waals surface area contributed by atoms with E-state index in [0.29, 0.717) is 0 Å². The van der Waals surface area contributed by atoms with Gasteiger partial charge in [0.25, 0.3) is 0 Å². The summed E-state index contributed by atoms with van der Waals surface area (Å²) in [6.07, 6.45) is 7.37. The number of unbranched alkanes of at least 4 members (excludes halogenated alkanes) is 5. The molecule has 2 N–H and O–H groups in total. The third-order valence-corrected chi connectivity index (χ3v) is 4.13. The number of hydrogen-bond acceptors (Lipinski definition) is 2. The molecular weight excluding hydrogens is 362 g/mol. The van der Waals surface area contributed by atoms with Crippen molar-refractivity contribution in [2.45, 2.75) is 38.5 Å². The number of fused-ring (bicyclic) bond motifs is 1. The van der Waals surface area contributed by atoms with Crippen LogP contribution >= 0.6 is 28.3 Å². The Bertz CT molecular complexity index is 562. The molecular formula is C18H25BrClNO. The Morgan fingerprint density at radius 1 is 0.818 bits per heavy atom. The number of hydrogen-bond donors (Lipinski definition) is 1. The van der Waals surface area contributed by atoms with Gasteiger partial charge >= 0.3 is 0 Å². The lowest BCUT2D eigenvalue weighted by molar-refractivity contribution is 0.304. The second-order valence-corrected chi connectivity index (χ2v) is 6.33. The van der Waals surface area contributed by atoms with Crippen LogP contribution in [0.3, 0.4) is 0 Å². The molecule has 0 saturated carbocycles. The van der Waals surface area contributed by atoms with Crippen molar-refractivity contribution in [3.63, 3.8) is 0 Å². The van der Waals surface area contributed by atoms with E-state index in [1.54, 1.807) is 0 Å². The molecule has 0 aliphatic rings. The molecule has 2 aromatic carbocycles. The lowest BCUT2D eigenvalue weighted by Gasteiger charge is -2.07. The van der Waals surface area contributed by atoms with Crippen LogP contribution in [0.5, 0.6) is 5.75 Å². The Labute approximate surface area is 148 Å².